The lowest BCUT2D eigenvalue weighted by molar-refractivity contribution is -0.884. The topological polar surface area (TPSA) is 55.5 Å². The van der Waals surface area contributed by atoms with Crippen molar-refractivity contribution in [1.29, 1.82) is 0 Å². The van der Waals surface area contributed by atoms with Gasteiger partial charge in [-0.15, -0.1) is 11.3 Å². The van der Waals surface area contributed by atoms with Gasteiger partial charge < -0.3 is 14.8 Å². The molecule has 0 aliphatic rings. The maximum absolute atomic E-state index is 13.0. The Morgan fingerprint density at radius 1 is 1.13 bits per heavy atom. The van der Waals surface area contributed by atoms with Gasteiger partial charge in [-0.3, -0.25) is 9.59 Å². The molecule has 1 atom stereocenters. The summed E-state index contributed by atoms with van der Waals surface area (Å²) >= 11 is 1.77. The number of ketones is 1. The van der Waals surface area contributed by atoms with Crippen molar-refractivity contribution in [3.8, 4) is 0 Å². The first-order valence-corrected chi connectivity index (χ1v) is 11.1. The standard InChI is InChI=1S/C24H29N3O2S/c1-17-14-22(18(2)27(17)12-11-21-6-5-13-30-21)23(28)16-26(4)15-19-7-9-20(10-8-19)24(29)25-3/h5-10,13-14H,11-12,15-16H2,1-4H3,(H,25,29)/p+1. The summed E-state index contributed by atoms with van der Waals surface area (Å²) in [5.41, 5.74) is 4.76. The number of carbonyl (C=O) groups excluding carboxylic acids is 2. The van der Waals surface area contributed by atoms with Crippen LogP contribution in [0.25, 0.3) is 0 Å². The number of benzene rings is 1. The van der Waals surface area contributed by atoms with E-state index in [0.29, 0.717) is 12.1 Å². The van der Waals surface area contributed by atoms with Crippen LogP contribution in [0.3, 0.4) is 0 Å². The molecule has 0 radical (unpaired) electrons. The Bertz CT molecular complexity index is 1000. The molecule has 0 bridgehead atoms. The largest absolute Gasteiger partial charge is 0.355 e. The zero-order valence-corrected chi connectivity index (χ0v) is 18.9. The molecule has 0 fully saturated rings. The van der Waals surface area contributed by atoms with Gasteiger partial charge in [0, 0.05) is 46.5 Å². The fourth-order valence-electron chi connectivity index (χ4n) is 3.80. The van der Waals surface area contributed by atoms with Gasteiger partial charge in [-0.05, 0) is 49.9 Å². The van der Waals surface area contributed by atoms with Crippen molar-refractivity contribution < 1.29 is 14.5 Å². The molecule has 0 saturated carbocycles. The van der Waals surface area contributed by atoms with E-state index in [1.54, 1.807) is 18.4 Å². The second-order valence-corrected chi connectivity index (χ2v) is 8.81. The maximum atomic E-state index is 13.0. The molecule has 0 aliphatic heterocycles. The van der Waals surface area contributed by atoms with Crippen LogP contribution in [0.15, 0.2) is 47.8 Å². The Labute approximate surface area is 182 Å². The molecular weight excluding hydrogens is 394 g/mol. The predicted octanol–water partition coefficient (Wildman–Crippen LogP) is 2.67. The molecule has 1 aromatic carbocycles. The molecule has 30 heavy (non-hydrogen) atoms. The highest BCUT2D eigenvalue weighted by atomic mass is 32.1. The number of likely N-dealkylation sites (N-methyl/N-ethyl adjacent to an activating group) is 1. The minimum Gasteiger partial charge on any atom is -0.355 e. The maximum Gasteiger partial charge on any atom is 0.251 e. The Morgan fingerprint density at radius 3 is 2.50 bits per heavy atom. The van der Waals surface area contributed by atoms with Crippen LogP contribution in [0.1, 0.15) is 42.5 Å². The van der Waals surface area contributed by atoms with E-state index in [4.69, 9.17) is 0 Å². The van der Waals surface area contributed by atoms with Crippen LogP contribution in [0.5, 0.6) is 0 Å². The highest BCUT2D eigenvalue weighted by molar-refractivity contribution is 7.09. The first-order chi connectivity index (χ1) is 14.4. The van der Waals surface area contributed by atoms with Crippen LogP contribution in [-0.2, 0) is 19.5 Å². The minimum absolute atomic E-state index is 0.0909. The average molecular weight is 425 g/mol. The molecule has 0 aliphatic carbocycles. The van der Waals surface area contributed by atoms with Crippen LogP contribution in [0, 0.1) is 13.8 Å². The Morgan fingerprint density at radius 2 is 1.87 bits per heavy atom. The van der Waals surface area contributed by atoms with Gasteiger partial charge in [0.25, 0.3) is 5.91 Å². The first kappa shape index (κ1) is 22.0. The van der Waals surface area contributed by atoms with E-state index in [9.17, 15) is 9.59 Å². The van der Waals surface area contributed by atoms with E-state index in [1.807, 2.05) is 44.3 Å². The van der Waals surface area contributed by atoms with Crippen molar-refractivity contribution in [2.24, 2.45) is 0 Å². The lowest BCUT2D eigenvalue weighted by Crippen LogP contribution is -3.08. The number of quaternary nitrogens is 1. The van der Waals surface area contributed by atoms with Crippen molar-refractivity contribution in [2.75, 3.05) is 20.6 Å². The van der Waals surface area contributed by atoms with Crippen LogP contribution < -0.4 is 10.2 Å². The average Bonchev–Trinajstić information content (AvgIpc) is 3.34. The summed E-state index contributed by atoms with van der Waals surface area (Å²) in [6.45, 7) is 6.18. The third-order valence-corrected chi connectivity index (χ3v) is 6.38. The smallest absolute Gasteiger partial charge is 0.251 e. The summed E-state index contributed by atoms with van der Waals surface area (Å²) < 4.78 is 2.25. The molecular formula is C24H30N3O2S+. The highest BCUT2D eigenvalue weighted by Gasteiger charge is 2.19. The third-order valence-electron chi connectivity index (χ3n) is 5.45. The summed E-state index contributed by atoms with van der Waals surface area (Å²) in [6.07, 6.45) is 0.985. The Kier molecular flexibility index (Phi) is 7.24. The van der Waals surface area contributed by atoms with Crippen LogP contribution in [0.4, 0.5) is 0 Å². The SMILES string of the molecule is CNC(=O)c1ccc(C[NH+](C)CC(=O)c2cc(C)n(CCc3cccs3)c2C)cc1. The number of hydrogen-bond donors (Lipinski definition) is 2. The van der Waals surface area contributed by atoms with Crippen LogP contribution in [0.2, 0.25) is 0 Å². The molecule has 5 nitrogen and oxygen atoms in total. The molecule has 0 spiro atoms. The zero-order chi connectivity index (χ0) is 21.7. The molecule has 2 aromatic heterocycles. The number of hydrogen-bond acceptors (Lipinski definition) is 3. The van der Waals surface area contributed by atoms with Crippen molar-refractivity contribution >= 4 is 23.0 Å². The summed E-state index contributed by atoms with van der Waals surface area (Å²) in [7, 11) is 3.65. The Hall–Kier alpha value is -2.70. The van der Waals surface area contributed by atoms with E-state index in [0.717, 1.165) is 46.9 Å². The highest BCUT2D eigenvalue weighted by Crippen LogP contribution is 2.18. The zero-order valence-electron chi connectivity index (χ0n) is 18.1. The predicted molar refractivity (Wildman–Crippen MR) is 122 cm³/mol. The summed E-state index contributed by atoms with van der Waals surface area (Å²) in [6, 6.07) is 13.8. The van der Waals surface area contributed by atoms with Gasteiger partial charge in [-0.1, -0.05) is 18.2 Å². The van der Waals surface area contributed by atoms with Crippen molar-refractivity contribution in [2.45, 2.75) is 33.4 Å². The van der Waals surface area contributed by atoms with Gasteiger partial charge in [-0.25, -0.2) is 0 Å². The van der Waals surface area contributed by atoms with Gasteiger partial charge in [0.15, 0.2) is 0 Å². The number of carbonyl (C=O) groups is 2. The van der Waals surface area contributed by atoms with E-state index in [-0.39, 0.29) is 11.7 Å². The number of Topliss-reactive ketones (excluding diaryl/α,β-unsaturated/α-hetero) is 1. The molecule has 158 valence electrons. The van der Waals surface area contributed by atoms with E-state index >= 15 is 0 Å². The lowest BCUT2D eigenvalue weighted by atomic mass is 10.1. The van der Waals surface area contributed by atoms with Gasteiger partial charge in [0.05, 0.1) is 7.05 Å². The summed E-state index contributed by atoms with van der Waals surface area (Å²) in [4.78, 5) is 27.1. The first-order valence-electron chi connectivity index (χ1n) is 10.2. The molecule has 3 aromatic rings. The van der Waals surface area contributed by atoms with Gasteiger partial charge >= 0.3 is 0 Å². The van der Waals surface area contributed by atoms with Crippen LogP contribution in [-0.4, -0.2) is 36.9 Å². The van der Waals surface area contributed by atoms with Crippen molar-refractivity contribution in [1.82, 2.24) is 9.88 Å². The lowest BCUT2D eigenvalue weighted by Gasteiger charge is -2.14. The molecule has 3 rings (SSSR count). The third kappa shape index (κ3) is 5.26. The number of amides is 1. The normalized spacial score (nSPS) is 12.0. The van der Waals surface area contributed by atoms with Crippen LogP contribution >= 0.6 is 11.3 Å². The molecule has 1 amide bonds. The van der Waals surface area contributed by atoms with Crippen molar-refractivity contribution in [3.05, 3.63) is 80.8 Å². The van der Waals surface area contributed by atoms with Crippen molar-refractivity contribution in [3.63, 3.8) is 0 Å². The minimum atomic E-state index is -0.0909. The fourth-order valence-corrected chi connectivity index (χ4v) is 4.50. The van der Waals surface area contributed by atoms with Gasteiger partial charge in [-0.2, -0.15) is 0 Å². The molecule has 2 N–H and O–H groups in total. The second-order valence-electron chi connectivity index (χ2n) is 7.78. The monoisotopic (exact) mass is 424 g/mol. The summed E-state index contributed by atoms with van der Waals surface area (Å²) in [5.74, 6) is 0.0804. The number of nitrogens with one attached hydrogen (secondary N) is 2. The van der Waals surface area contributed by atoms with Gasteiger partial charge in [0.2, 0.25) is 5.78 Å². The fraction of sp³-hybridized carbons (Fsp3) is 0.333. The van der Waals surface area contributed by atoms with E-state index < -0.39 is 0 Å². The summed E-state index contributed by atoms with van der Waals surface area (Å²) in [5, 5.41) is 4.73. The Balaban J connectivity index is 1.61. The van der Waals surface area contributed by atoms with E-state index in [1.165, 1.54) is 4.88 Å². The molecule has 0 saturated heterocycles. The molecule has 6 heteroatoms. The molecule has 2 heterocycles. The molecule has 1 unspecified atom stereocenters. The van der Waals surface area contributed by atoms with E-state index in [2.05, 4.69) is 34.3 Å². The number of aryl methyl sites for hydroxylation is 2. The number of thiophene rings is 1. The van der Waals surface area contributed by atoms with Gasteiger partial charge in [0.1, 0.15) is 13.1 Å². The second kappa shape index (κ2) is 9.87. The quantitative estimate of drug-likeness (QED) is 0.519. The number of aromatic nitrogens is 1. The number of nitrogens with zero attached hydrogens (tertiary/aromatic N) is 1. The number of rotatable bonds is 9.